The van der Waals surface area contributed by atoms with Crippen LogP contribution in [0.3, 0.4) is 0 Å². The fourth-order valence-corrected chi connectivity index (χ4v) is 3.87. The number of rotatable bonds is 7. The van der Waals surface area contributed by atoms with E-state index in [9.17, 15) is 24.5 Å². The largest absolute Gasteiger partial charge is 0.493 e. The van der Waals surface area contributed by atoms with Crippen LogP contribution in [0.2, 0.25) is 5.02 Å². The number of nitro benzene ring substituents is 1. The average molecular weight is 511 g/mol. The number of nitrogens with one attached hydrogen (secondary N) is 1. The van der Waals surface area contributed by atoms with Gasteiger partial charge in [0.25, 0.3) is 11.2 Å². The summed E-state index contributed by atoms with van der Waals surface area (Å²) in [4.78, 5) is 50.0. The summed E-state index contributed by atoms with van der Waals surface area (Å²) in [6.45, 7) is -0.447. The van der Waals surface area contributed by atoms with Crippen LogP contribution in [0.4, 0.5) is 11.4 Å². The maximum Gasteiger partial charge on any atom is 0.336 e. The third-order valence-corrected chi connectivity index (χ3v) is 5.63. The van der Waals surface area contributed by atoms with Gasteiger partial charge >= 0.3 is 5.69 Å². The quantitative estimate of drug-likeness (QED) is 0.297. The molecule has 1 N–H and O–H groups in total. The molecule has 0 unspecified atom stereocenters. The number of methoxy groups -OCH3 is 2. The number of carbonyl (C=O) groups is 1. The molecule has 0 atom stereocenters. The highest BCUT2D eigenvalue weighted by atomic mass is 35.5. The summed E-state index contributed by atoms with van der Waals surface area (Å²) in [5.41, 5.74) is -0.992. The van der Waals surface area contributed by atoms with Gasteiger partial charge in [0.1, 0.15) is 6.54 Å². The van der Waals surface area contributed by atoms with E-state index >= 15 is 0 Å². The highest BCUT2D eigenvalue weighted by molar-refractivity contribution is 6.31. The number of nitrogens with zero attached hydrogens (tertiary/aromatic N) is 3. The van der Waals surface area contributed by atoms with Crippen LogP contribution in [0.15, 0.2) is 70.3 Å². The van der Waals surface area contributed by atoms with Crippen molar-refractivity contribution >= 4 is 39.8 Å². The Balaban J connectivity index is 1.79. The van der Waals surface area contributed by atoms with E-state index in [0.29, 0.717) is 17.2 Å². The predicted octanol–water partition coefficient (Wildman–Crippen LogP) is 3.37. The predicted molar refractivity (Wildman–Crippen MR) is 134 cm³/mol. The molecule has 4 aromatic rings. The Labute approximate surface area is 208 Å². The Morgan fingerprint density at radius 3 is 2.33 bits per heavy atom. The molecule has 0 aliphatic rings. The SMILES string of the molecule is COc1ccc(NC(=O)Cn2c(=O)n(-c3ccc([N+](=O)[O-])cc3)c(=O)c3ccc(Cl)cc32)cc1OC. The van der Waals surface area contributed by atoms with Crippen LogP contribution in [-0.4, -0.2) is 34.2 Å². The molecule has 36 heavy (non-hydrogen) atoms. The van der Waals surface area contributed by atoms with Crippen LogP contribution in [0.1, 0.15) is 0 Å². The Morgan fingerprint density at radius 2 is 1.69 bits per heavy atom. The van der Waals surface area contributed by atoms with E-state index in [-0.39, 0.29) is 27.3 Å². The molecule has 4 rings (SSSR count). The monoisotopic (exact) mass is 510 g/mol. The zero-order valence-corrected chi connectivity index (χ0v) is 19.8. The molecular formula is C24H19ClN4O7. The summed E-state index contributed by atoms with van der Waals surface area (Å²) in [5.74, 6) is 0.318. The Morgan fingerprint density at radius 1 is 1.00 bits per heavy atom. The lowest BCUT2D eigenvalue weighted by molar-refractivity contribution is -0.384. The number of nitro groups is 1. The van der Waals surface area contributed by atoms with Crippen molar-refractivity contribution in [3.8, 4) is 17.2 Å². The normalized spacial score (nSPS) is 10.8. The summed E-state index contributed by atoms with van der Waals surface area (Å²) >= 11 is 6.11. The minimum absolute atomic E-state index is 0.112. The smallest absolute Gasteiger partial charge is 0.336 e. The molecule has 184 valence electrons. The van der Waals surface area contributed by atoms with Crippen molar-refractivity contribution in [1.29, 1.82) is 0 Å². The summed E-state index contributed by atoms with van der Waals surface area (Å²) in [6, 6.07) is 14.1. The molecular weight excluding hydrogens is 492 g/mol. The van der Waals surface area contributed by atoms with Crippen molar-refractivity contribution in [2.75, 3.05) is 19.5 Å². The average Bonchev–Trinajstić information content (AvgIpc) is 2.86. The Bertz CT molecular complexity index is 1610. The molecule has 0 spiro atoms. The lowest BCUT2D eigenvalue weighted by Crippen LogP contribution is -2.40. The lowest BCUT2D eigenvalue weighted by Gasteiger charge is -2.15. The fourth-order valence-electron chi connectivity index (χ4n) is 3.70. The van der Waals surface area contributed by atoms with Crippen molar-refractivity contribution in [3.05, 3.63) is 96.6 Å². The molecule has 1 aromatic heterocycles. The van der Waals surface area contributed by atoms with Crippen LogP contribution in [0.25, 0.3) is 16.6 Å². The van der Waals surface area contributed by atoms with E-state index in [4.69, 9.17) is 21.1 Å². The fraction of sp³-hybridized carbons (Fsp3) is 0.125. The van der Waals surface area contributed by atoms with E-state index in [2.05, 4.69) is 5.32 Å². The van der Waals surface area contributed by atoms with E-state index in [1.165, 1.54) is 56.7 Å². The number of non-ortho nitro benzene ring substituents is 1. The molecule has 11 nitrogen and oxygen atoms in total. The molecule has 0 aliphatic carbocycles. The summed E-state index contributed by atoms with van der Waals surface area (Å²) in [5, 5.41) is 14.1. The maximum atomic E-state index is 13.4. The molecule has 12 heteroatoms. The maximum absolute atomic E-state index is 13.4. The number of hydrogen-bond acceptors (Lipinski definition) is 7. The number of aromatic nitrogens is 2. The molecule has 0 saturated carbocycles. The number of halogens is 1. The zero-order chi connectivity index (χ0) is 26.0. The number of benzene rings is 3. The first-order chi connectivity index (χ1) is 17.2. The van der Waals surface area contributed by atoms with Gasteiger partial charge in [-0.3, -0.25) is 24.3 Å². The summed E-state index contributed by atoms with van der Waals surface area (Å²) in [7, 11) is 2.94. The number of carbonyl (C=O) groups excluding carboxylic acids is 1. The van der Waals surface area contributed by atoms with Gasteiger partial charge in [-0.1, -0.05) is 11.6 Å². The van der Waals surface area contributed by atoms with Gasteiger partial charge in [0, 0.05) is 28.9 Å². The second-order valence-electron chi connectivity index (χ2n) is 7.56. The number of fused-ring (bicyclic) bond motifs is 1. The van der Waals surface area contributed by atoms with Crippen molar-refractivity contribution in [2.24, 2.45) is 0 Å². The summed E-state index contributed by atoms with van der Waals surface area (Å²) in [6.07, 6.45) is 0. The molecule has 0 radical (unpaired) electrons. The second kappa shape index (κ2) is 9.92. The Kier molecular flexibility index (Phi) is 6.75. The van der Waals surface area contributed by atoms with Gasteiger partial charge in [0.15, 0.2) is 11.5 Å². The van der Waals surface area contributed by atoms with Crippen molar-refractivity contribution in [1.82, 2.24) is 9.13 Å². The van der Waals surface area contributed by atoms with Gasteiger partial charge in [-0.15, -0.1) is 0 Å². The third-order valence-electron chi connectivity index (χ3n) is 5.39. The molecule has 0 saturated heterocycles. The van der Waals surface area contributed by atoms with Crippen molar-refractivity contribution in [3.63, 3.8) is 0 Å². The topological polar surface area (TPSA) is 135 Å². The van der Waals surface area contributed by atoms with E-state index in [1.807, 2.05) is 0 Å². The molecule has 0 bridgehead atoms. The van der Waals surface area contributed by atoms with Crippen LogP contribution in [-0.2, 0) is 11.3 Å². The Hall–Kier alpha value is -4.64. The molecule has 3 aromatic carbocycles. The van der Waals surface area contributed by atoms with E-state index in [1.54, 1.807) is 18.2 Å². The van der Waals surface area contributed by atoms with Crippen molar-refractivity contribution < 1.29 is 19.2 Å². The standard InChI is InChI=1S/C24H19ClN4O7/c1-35-20-10-4-15(12-21(20)36-2)26-22(30)13-27-19-11-14(25)3-9-18(19)23(31)28(24(27)32)16-5-7-17(8-6-16)29(33)34/h3-12H,13H2,1-2H3,(H,26,30). The van der Waals surface area contributed by atoms with Crippen LogP contribution in [0, 0.1) is 10.1 Å². The lowest BCUT2D eigenvalue weighted by atomic mass is 10.2. The van der Waals surface area contributed by atoms with Crippen LogP contribution < -0.4 is 26.0 Å². The first-order valence-corrected chi connectivity index (χ1v) is 10.8. The zero-order valence-electron chi connectivity index (χ0n) is 19.1. The van der Waals surface area contributed by atoms with Crippen LogP contribution in [0.5, 0.6) is 11.5 Å². The van der Waals surface area contributed by atoms with Crippen molar-refractivity contribution in [2.45, 2.75) is 6.54 Å². The second-order valence-corrected chi connectivity index (χ2v) is 8.00. The van der Waals surface area contributed by atoms with Gasteiger partial charge in [-0.2, -0.15) is 0 Å². The number of hydrogen-bond donors (Lipinski definition) is 1. The first kappa shape index (κ1) is 24.5. The number of anilines is 1. The van der Waals surface area contributed by atoms with Gasteiger partial charge in [0.2, 0.25) is 5.91 Å². The van der Waals surface area contributed by atoms with E-state index in [0.717, 1.165) is 9.13 Å². The first-order valence-electron chi connectivity index (χ1n) is 10.5. The molecule has 0 aliphatic heterocycles. The van der Waals surface area contributed by atoms with Gasteiger partial charge in [-0.25, -0.2) is 9.36 Å². The molecule has 1 amide bonds. The third kappa shape index (κ3) is 4.64. The van der Waals surface area contributed by atoms with Gasteiger partial charge < -0.3 is 14.8 Å². The minimum atomic E-state index is -0.814. The van der Waals surface area contributed by atoms with Gasteiger partial charge in [-0.05, 0) is 42.5 Å². The number of amides is 1. The van der Waals surface area contributed by atoms with Gasteiger partial charge in [0.05, 0.1) is 35.7 Å². The number of ether oxygens (including phenoxy) is 2. The minimum Gasteiger partial charge on any atom is -0.493 e. The molecule has 1 heterocycles. The van der Waals surface area contributed by atoms with Crippen LogP contribution >= 0.6 is 11.6 Å². The summed E-state index contributed by atoms with van der Waals surface area (Å²) < 4.78 is 12.4. The van der Waals surface area contributed by atoms with E-state index < -0.39 is 28.6 Å². The highest BCUT2D eigenvalue weighted by Crippen LogP contribution is 2.29. The molecule has 0 fully saturated rings. The highest BCUT2D eigenvalue weighted by Gasteiger charge is 2.18.